The number of piperidine rings is 1. The minimum Gasteiger partial charge on any atom is -0.393 e. The fraction of sp³-hybridized carbons (Fsp3) is 0.667. The molecule has 2 atom stereocenters. The number of hydrogen-bond acceptors (Lipinski definition) is 4. The number of carbonyl (C=O) groups excluding carboxylic acids is 1. The molecular weight excluding hydrogens is 196 g/mol. The van der Waals surface area contributed by atoms with E-state index in [0.29, 0.717) is 25.2 Å². The van der Waals surface area contributed by atoms with Crippen molar-refractivity contribution in [3.63, 3.8) is 0 Å². The third-order valence-electron chi connectivity index (χ3n) is 2.78. The first-order chi connectivity index (χ1) is 7.18. The highest BCUT2D eigenvalue weighted by molar-refractivity contribution is 5.91. The molecule has 0 radical (unpaired) electrons. The summed E-state index contributed by atoms with van der Waals surface area (Å²) in [7, 11) is 0. The topological polar surface area (TPSA) is 82.1 Å². The Morgan fingerprint density at radius 1 is 1.73 bits per heavy atom. The minimum absolute atomic E-state index is 0.120. The fourth-order valence-electron chi connectivity index (χ4n) is 1.78. The van der Waals surface area contributed by atoms with Crippen LogP contribution in [-0.2, 0) is 0 Å². The minimum atomic E-state index is -0.300. The van der Waals surface area contributed by atoms with Gasteiger partial charge in [0.25, 0.3) is 5.91 Å². The highest BCUT2D eigenvalue weighted by Gasteiger charge is 2.28. The van der Waals surface area contributed by atoms with Crippen molar-refractivity contribution in [2.45, 2.75) is 19.4 Å². The van der Waals surface area contributed by atoms with E-state index in [1.54, 1.807) is 4.90 Å². The zero-order valence-electron chi connectivity index (χ0n) is 8.55. The molecule has 1 fully saturated rings. The third-order valence-corrected chi connectivity index (χ3v) is 2.78. The summed E-state index contributed by atoms with van der Waals surface area (Å²) < 4.78 is 0. The first kappa shape index (κ1) is 10.1. The van der Waals surface area contributed by atoms with Crippen LogP contribution < -0.4 is 0 Å². The summed E-state index contributed by atoms with van der Waals surface area (Å²) in [6.07, 6.45) is 1.74. The molecule has 0 saturated carbocycles. The molecule has 1 amide bonds. The SMILES string of the molecule is CC1CN(C(=O)c2cn[nH]n2)CCC1O. The quantitative estimate of drug-likeness (QED) is 0.663. The van der Waals surface area contributed by atoms with Crippen LogP contribution in [0.15, 0.2) is 6.20 Å². The lowest BCUT2D eigenvalue weighted by molar-refractivity contribution is 0.0294. The maximum absolute atomic E-state index is 11.8. The second-order valence-corrected chi connectivity index (χ2v) is 3.94. The molecular formula is C9H14N4O2. The van der Waals surface area contributed by atoms with E-state index in [1.165, 1.54) is 6.20 Å². The lowest BCUT2D eigenvalue weighted by Crippen LogP contribution is -2.45. The Labute approximate surface area is 87.3 Å². The number of rotatable bonds is 1. The van der Waals surface area contributed by atoms with Crippen LogP contribution >= 0.6 is 0 Å². The van der Waals surface area contributed by atoms with Crippen molar-refractivity contribution in [1.82, 2.24) is 20.3 Å². The van der Waals surface area contributed by atoms with Crippen molar-refractivity contribution < 1.29 is 9.90 Å². The summed E-state index contributed by atoms with van der Waals surface area (Å²) in [4.78, 5) is 13.5. The molecule has 1 aromatic heterocycles. The van der Waals surface area contributed by atoms with Crippen molar-refractivity contribution in [3.05, 3.63) is 11.9 Å². The van der Waals surface area contributed by atoms with Gasteiger partial charge in [-0.25, -0.2) is 0 Å². The number of aliphatic hydroxyl groups is 1. The predicted octanol–water partition coefficient (Wildman–Crippen LogP) is -0.352. The summed E-state index contributed by atoms with van der Waals surface area (Å²) in [5.41, 5.74) is 0.332. The van der Waals surface area contributed by atoms with Gasteiger partial charge in [-0.1, -0.05) is 6.92 Å². The normalized spacial score (nSPS) is 26.7. The second-order valence-electron chi connectivity index (χ2n) is 3.94. The number of aromatic nitrogens is 3. The molecule has 2 unspecified atom stereocenters. The van der Waals surface area contributed by atoms with Crippen molar-refractivity contribution in [3.8, 4) is 0 Å². The van der Waals surface area contributed by atoms with Crippen molar-refractivity contribution in [1.29, 1.82) is 0 Å². The van der Waals surface area contributed by atoms with Crippen LogP contribution in [0, 0.1) is 5.92 Å². The van der Waals surface area contributed by atoms with Gasteiger partial charge in [-0.3, -0.25) is 4.79 Å². The van der Waals surface area contributed by atoms with Crippen LogP contribution in [0.5, 0.6) is 0 Å². The number of aliphatic hydroxyl groups excluding tert-OH is 1. The van der Waals surface area contributed by atoms with Crippen LogP contribution in [0.3, 0.4) is 0 Å². The van der Waals surface area contributed by atoms with Gasteiger partial charge < -0.3 is 10.0 Å². The molecule has 0 aliphatic carbocycles. The monoisotopic (exact) mass is 210 g/mol. The molecule has 0 bridgehead atoms. The van der Waals surface area contributed by atoms with Crippen LogP contribution in [-0.4, -0.2) is 50.5 Å². The van der Waals surface area contributed by atoms with Gasteiger partial charge in [0.15, 0.2) is 5.69 Å². The molecule has 2 heterocycles. The Hall–Kier alpha value is -1.43. The van der Waals surface area contributed by atoms with Crippen LogP contribution in [0.4, 0.5) is 0 Å². The largest absolute Gasteiger partial charge is 0.393 e. The van der Waals surface area contributed by atoms with Crippen LogP contribution in [0.2, 0.25) is 0 Å². The number of likely N-dealkylation sites (tertiary alicyclic amines) is 1. The maximum atomic E-state index is 11.8. The lowest BCUT2D eigenvalue weighted by atomic mass is 9.96. The summed E-state index contributed by atoms with van der Waals surface area (Å²) >= 11 is 0. The predicted molar refractivity (Wildman–Crippen MR) is 52.1 cm³/mol. The molecule has 1 aromatic rings. The van der Waals surface area contributed by atoms with E-state index in [4.69, 9.17) is 0 Å². The highest BCUT2D eigenvalue weighted by atomic mass is 16.3. The van der Waals surface area contributed by atoms with E-state index in [0.717, 1.165) is 0 Å². The molecule has 1 aliphatic heterocycles. The standard InChI is InChI=1S/C9H14N4O2/c1-6-5-13(3-2-8(6)14)9(15)7-4-10-12-11-7/h4,6,8,14H,2-3,5H2,1H3,(H,10,11,12). The van der Waals surface area contributed by atoms with Gasteiger partial charge >= 0.3 is 0 Å². The lowest BCUT2D eigenvalue weighted by Gasteiger charge is -2.33. The first-order valence-corrected chi connectivity index (χ1v) is 5.01. The van der Waals surface area contributed by atoms with Crippen molar-refractivity contribution >= 4 is 5.91 Å². The highest BCUT2D eigenvalue weighted by Crippen LogP contribution is 2.17. The summed E-state index contributed by atoms with van der Waals surface area (Å²) in [6, 6.07) is 0. The number of nitrogens with one attached hydrogen (secondary N) is 1. The molecule has 6 nitrogen and oxygen atoms in total. The summed E-state index contributed by atoms with van der Waals surface area (Å²) in [5.74, 6) is -0.00268. The van der Waals surface area contributed by atoms with Gasteiger partial charge in [-0.2, -0.15) is 15.4 Å². The number of hydrogen-bond donors (Lipinski definition) is 2. The van der Waals surface area contributed by atoms with Crippen LogP contribution in [0.25, 0.3) is 0 Å². The van der Waals surface area contributed by atoms with Crippen molar-refractivity contribution in [2.24, 2.45) is 5.92 Å². The first-order valence-electron chi connectivity index (χ1n) is 5.01. The molecule has 2 N–H and O–H groups in total. The molecule has 15 heavy (non-hydrogen) atoms. The van der Waals surface area contributed by atoms with Gasteiger partial charge in [-0.15, -0.1) is 0 Å². The number of nitrogens with zero attached hydrogens (tertiary/aromatic N) is 3. The van der Waals surface area contributed by atoms with E-state index in [9.17, 15) is 9.90 Å². The Morgan fingerprint density at radius 2 is 2.53 bits per heavy atom. The molecule has 1 aliphatic rings. The Bertz CT molecular complexity index is 338. The molecule has 0 aromatic carbocycles. The number of aromatic amines is 1. The zero-order chi connectivity index (χ0) is 10.8. The molecule has 82 valence electrons. The van der Waals surface area contributed by atoms with Crippen LogP contribution in [0.1, 0.15) is 23.8 Å². The van der Waals surface area contributed by atoms with E-state index in [2.05, 4.69) is 15.4 Å². The second kappa shape index (κ2) is 3.98. The Morgan fingerprint density at radius 3 is 3.13 bits per heavy atom. The van der Waals surface area contributed by atoms with Gasteiger partial charge in [0, 0.05) is 13.1 Å². The molecule has 0 spiro atoms. The number of H-pyrrole nitrogens is 1. The fourth-order valence-corrected chi connectivity index (χ4v) is 1.78. The van der Waals surface area contributed by atoms with Gasteiger partial charge in [0.2, 0.25) is 0 Å². The summed E-state index contributed by atoms with van der Waals surface area (Å²) in [5, 5.41) is 19.3. The Balaban J connectivity index is 2.03. The number of amides is 1. The zero-order valence-corrected chi connectivity index (χ0v) is 8.55. The third kappa shape index (κ3) is 1.99. The van der Waals surface area contributed by atoms with Gasteiger partial charge in [-0.05, 0) is 12.3 Å². The molecule has 6 heteroatoms. The average Bonchev–Trinajstić information content (AvgIpc) is 2.74. The maximum Gasteiger partial charge on any atom is 0.276 e. The Kier molecular flexibility index (Phi) is 2.68. The van der Waals surface area contributed by atoms with Gasteiger partial charge in [0.1, 0.15) is 0 Å². The molecule has 1 saturated heterocycles. The molecule has 2 rings (SSSR count). The van der Waals surface area contributed by atoms with E-state index in [1.807, 2.05) is 6.92 Å². The summed E-state index contributed by atoms with van der Waals surface area (Å²) in [6.45, 7) is 3.09. The van der Waals surface area contributed by atoms with E-state index < -0.39 is 0 Å². The smallest absolute Gasteiger partial charge is 0.276 e. The van der Waals surface area contributed by atoms with E-state index in [-0.39, 0.29) is 17.9 Å². The van der Waals surface area contributed by atoms with E-state index >= 15 is 0 Å². The van der Waals surface area contributed by atoms with Gasteiger partial charge in [0.05, 0.1) is 12.3 Å². The van der Waals surface area contributed by atoms with Crippen molar-refractivity contribution in [2.75, 3.05) is 13.1 Å². The average molecular weight is 210 g/mol. The number of carbonyl (C=O) groups is 1.